The van der Waals surface area contributed by atoms with Crippen LogP contribution in [0.4, 0.5) is 29.7 Å². The van der Waals surface area contributed by atoms with Gasteiger partial charge < -0.3 is 35.1 Å². The van der Waals surface area contributed by atoms with Gasteiger partial charge in [0.25, 0.3) is 5.91 Å². The van der Waals surface area contributed by atoms with Crippen molar-refractivity contribution in [3.05, 3.63) is 60.1 Å². The van der Waals surface area contributed by atoms with Gasteiger partial charge in [0.2, 0.25) is 5.91 Å². The molecule has 3 heterocycles. The fourth-order valence-corrected chi connectivity index (χ4v) is 3.85. The van der Waals surface area contributed by atoms with E-state index in [4.69, 9.17) is 9.47 Å². The van der Waals surface area contributed by atoms with Crippen molar-refractivity contribution >= 4 is 41.0 Å². The van der Waals surface area contributed by atoms with Gasteiger partial charge in [-0.2, -0.15) is 0 Å². The number of ether oxygens (including phenoxy) is 2. The normalized spacial score (nSPS) is 14.5. The van der Waals surface area contributed by atoms with E-state index in [1.165, 1.54) is 6.20 Å². The minimum atomic E-state index is -0.957. The molecule has 40 heavy (non-hydrogen) atoms. The Bertz CT molecular complexity index is 1360. The van der Waals surface area contributed by atoms with Gasteiger partial charge in [-0.3, -0.25) is 14.5 Å². The van der Waals surface area contributed by atoms with E-state index in [0.29, 0.717) is 5.65 Å². The van der Waals surface area contributed by atoms with Crippen molar-refractivity contribution in [3.63, 3.8) is 0 Å². The Labute approximate surface area is 226 Å². The average Bonchev–Trinajstić information content (AvgIpc) is 3.53. The lowest BCUT2D eigenvalue weighted by Crippen LogP contribution is -2.38. The summed E-state index contributed by atoms with van der Waals surface area (Å²) < 4.78 is 40.9. The lowest BCUT2D eigenvalue weighted by molar-refractivity contribution is -0.120. The lowest BCUT2D eigenvalue weighted by atomic mass is 10.2. The summed E-state index contributed by atoms with van der Waals surface area (Å²) in [6.45, 7) is 1.44. The van der Waals surface area contributed by atoms with Crippen molar-refractivity contribution in [1.82, 2.24) is 25.3 Å². The topological polar surface area (TPSA) is 155 Å². The first-order valence-corrected chi connectivity index (χ1v) is 12.4. The molecule has 1 saturated heterocycles. The number of carbonyl (C=O) groups is 4. The van der Waals surface area contributed by atoms with Gasteiger partial charge in [-0.25, -0.2) is 23.4 Å². The molecule has 212 valence electrons. The molecule has 1 fully saturated rings. The summed E-state index contributed by atoms with van der Waals surface area (Å²) >= 11 is 0. The van der Waals surface area contributed by atoms with Crippen LogP contribution in [0.3, 0.4) is 0 Å². The maximum atomic E-state index is 14.7. The third-order valence-electron chi connectivity index (χ3n) is 5.72. The van der Waals surface area contributed by atoms with Gasteiger partial charge in [0.15, 0.2) is 11.6 Å². The Morgan fingerprint density at radius 2 is 1.90 bits per heavy atom. The highest BCUT2D eigenvalue weighted by Gasteiger charge is 2.33. The highest BCUT2D eigenvalue weighted by atomic mass is 19.1. The number of halogens is 2. The number of alkyl carbamates (subject to hydrolysis) is 1. The fourth-order valence-electron chi connectivity index (χ4n) is 3.85. The van der Waals surface area contributed by atoms with Crippen LogP contribution in [0.25, 0.3) is 5.65 Å². The van der Waals surface area contributed by atoms with Crippen molar-refractivity contribution in [3.8, 4) is 0 Å². The number of benzene rings is 1. The number of hydrogen-bond acceptors (Lipinski definition) is 8. The quantitative estimate of drug-likeness (QED) is 0.259. The molecule has 0 bridgehead atoms. The average molecular weight is 560 g/mol. The summed E-state index contributed by atoms with van der Waals surface area (Å²) in [4.78, 5) is 53.1. The van der Waals surface area contributed by atoms with E-state index < -0.39 is 47.4 Å². The van der Waals surface area contributed by atoms with Crippen LogP contribution in [0.5, 0.6) is 0 Å². The zero-order valence-corrected chi connectivity index (χ0v) is 21.4. The molecule has 0 spiro atoms. The van der Waals surface area contributed by atoms with Gasteiger partial charge in [0.1, 0.15) is 23.1 Å². The zero-order valence-electron chi connectivity index (χ0n) is 21.4. The molecule has 0 unspecified atom stereocenters. The molecule has 4 N–H and O–H groups in total. The first-order valence-electron chi connectivity index (χ1n) is 12.4. The molecular formula is C25H27F2N7O6. The van der Waals surface area contributed by atoms with Crippen LogP contribution >= 0.6 is 0 Å². The number of amides is 4. The Morgan fingerprint density at radius 3 is 2.62 bits per heavy atom. The Balaban J connectivity index is 1.21. The molecule has 1 aliphatic rings. The summed E-state index contributed by atoms with van der Waals surface area (Å²) in [6.07, 6.45) is 1.06. The Hall–Kier alpha value is -4.95. The van der Waals surface area contributed by atoms with Crippen LogP contribution in [-0.2, 0) is 14.3 Å². The van der Waals surface area contributed by atoms with Crippen molar-refractivity contribution < 1.29 is 37.4 Å². The largest absolute Gasteiger partial charge is 0.450 e. The first-order chi connectivity index (χ1) is 19.2. The molecule has 1 atom stereocenters. The monoisotopic (exact) mass is 559 g/mol. The van der Waals surface area contributed by atoms with Crippen LogP contribution in [-0.4, -0.2) is 78.8 Å². The first kappa shape index (κ1) is 28.1. The number of imidazole rings is 1. The third kappa shape index (κ3) is 6.92. The Morgan fingerprint density at radius 1 is 1.12 bits per heavy atom. The molecule has 2 aromatic heterocycles. The Kier molecular flexibility index (Phi) is 8.93. The molecule has 15 heteroatoms. The van der Waals surface area contributed by atoms with E-state index in [2.05, 4.69) is 26.3 Å². The maximum absolute atomic E-state index is 14.7. The number of rotatable bonds is 11. The van der Waals surface area contributed by atoms with Gasteiger partial charge in [-0.15, -0.1) is 0 Å². The van der Waals surface area contributed by atoms with Crippen molar-refractivity contribution in [1.29, 1.82) is 0 Å². The predicted molar refractivity (Wildman–Crippen MR) is 138 cm³/mol. The summed E-state index contributed by atoms with van der Waals surface area (Å²) in [5, 5.41) is 9.98. The fraction of sp³-hybridized carbons (Fsp3) is 0.320. The van der Waals surface area contributed by atoms with Crippen molar-refractivity contribution in [2.24, 2.45) is 0 Å². The lowest BCUT2D eigenvalue weighted by Gasteiger charge is -2.16. The summed E-state index contributed by atoms with van der Waals surface area (Å²) in [7, 11) is 0. The van der Waals surface area contributed by atoms with E-state index >= 15 is 0 Å². The van der Waals surface area contributed by atoms with E-state index in [-0.39, 0.29) is 50.7 Å². The number of carbonyl (C=O) groups excluding carboxylic acids is 4. The summed E-state index contributed by atoms with van der Waals surface area (Å²) in [5.74, 6) is -2.94. The van der Waals surface area contributed by atoms with Crippen molar-refractivity contribution in [2.45, 2.75) is 13.0 Å². The SMILES string of the molecule is CCOC(=O)NC[C@H]1CN(c2cc(F)c(NCCNC(=O)CNC(=O)c3cn4ccccc4n3)c(F)c2)C(=O)O1. The number of nitrogens with one attached hydrogen (secondary N) is 4. The number of anilines is 2. The second-order valence-electron chi connectivity index (χ2n) is 8.55. The number of pyridine rings is 1. The van der Waals surface area contributed by atoms with Crippen LogP contribution in [0.15, 0.2) is 42.7 Å². The van der Waals surface area contributed by atoms with E-state index in [0.717, 1.165) is 17.0 Å². The molecule has 0 saturated carbocycles. The van der Waals surface area contributed by atoms with E-state index in [1.807, 2.05) is 0 Å². The molecule has 0 radical (unpaired) electrons. The molecule has 3 aromatic rings. The van der Waals surface area contributed by atoms with Gasteiger partial charge >= 0.3 is 12.2 Å². The number of hydrogen-bond donors (Lipinski definition) is 4. The van der Waals surface area contributed by atoms with E-state index in [9.17, 15) is 28.0 Å². The molecular weight excluding hydrogens is 532 g/mol. The highest BCUT2D eigenvalue weighted by molar-refractivity contribution is 5.95. The van der Waals surface area contributed by atoms with Gasteiger partial charge in [0.05, 0.1) is 31.9 Å². The van der Waals surface area contributed by atoms with Crippen LogP contribution in [0.1, 0.15) is 17.4 Å². The van der Waals surface area contributed by atoms with Crippen molar-refractivity contribution in [2.75, 3.05) is 49.5 Å². The van der Waals surface area contributed by atoms with Crippen LogP contribution in [0.2, 0.25) is 0 Å². The standard InChI is InChI=1S/C25H27F2N7O6/c1-2-39-24(37)31-11-16-13-34(25(38)40-16)15-9-17(26)22(18(27)10-15)29-7-6-28-21(35)12-30-23(36)19-14-33-8-4-3-5-20(33)32-19/h3-5,8-10,14,16,29H,2,6-7,11-13H2,1H3,(H,28,35)(H,30,36)(H,31,37)/t16-/m0/s1. The summed E-state index contributed by atoms with van der Waals surface area (Å²) in [5.41, 5.74) is 0.245. The van der Waals surface area contributed by atoms with Gasteiger partial charge in [0, 0.05) is 37.6 Å². The zero-order chi connectivity index (χ0) is 28.6. The maximum Gasteiger partial charge on any atom is 0.414 e. The van der Waals surface area contributed by atoms with Gasteiger partial charge in [-0.05, 0) is 19.1 Å². The number of aromatic nitrogens is 2. The number of fused-ring (bicyclic) bond motifs is 1. The van der Waals surface area contributed by atoms with Gasteiger partial charge in [-0.1, -0.05) is 6.07 Å². The smallest absolute Gasteiger partial charge is 0.414 e. The van der Waals surface area contributed by atoms with Crippen LogP contribution < -0.4 is 26.2 Å². The van der Waals surface area contributed by atoms with E-state index in [1.54, 1.807) is 35.7 Å². The van der Waals surface area contributed by atoms with Crippen LogP contribution in [0, 0.1) is 11.6 Å². The molecule has 1 aliphatic heterocycles. The molecule has 4 rings (SSSR count). The number of cyclic esters (lactones) is 1. The highest BCUT2D eigenvalue weighted by Crippen LogP contribution is 2.28. The molecule has 13 nitrogen and oxygen atoms in total. The predicted octanol–water partition coefficient (Wildman–Crippen LogP) is 1.64. The second kappa shape index (κ2) is 12.7. The minimum absolute atomic E-state index is 0.0112. The third-order valence-corrected chi connectivity index (χ3v) is 5.72. The second-order valence-corrected chi connectivity index (χ2v) is 8.55. The molecule has 0 aliphatic carbocycles. The molecule has 1 aromatic carbocycles. The molecule has 4 amide bonds. The summed E-state index contributed by atoms with van der Waals surface area (Å²) in [6, 6.07) is 7.26. The minimum Gasteiger partial charge on any atom is -0.450 e. The number of nitrogens with zero attached hydrogens (tertiary/aromatic N) is 3.